The van der Waals surface area contributed by atoms with Crippen LogP contribution < -0.4 is 16.4 Å². The summed E-state index contributed by atoms with van der Waals surface area (Å²) in [7, 11) is 0. The molecule has 0 spiro atoms. The molecule has 10 heteroatoms. The molecule has 41 heavy (non-hydrogen) atoms. The van der Waals surface area contributed by atoms with Crippen LogP contribution in [0.3, 0.4) is 0 Å². The van der Waals surface area contributed by atoms with Crippen LogP contribution in [0.2, 0.25) is 0 Å². The second-order valence-electron chi connectivity index (χ2n) is 15.0. The van der Waals surface area contributed by atoms with Crippen molar-refractivity contribution in [3.05, 3.63) is 0 Å². The van der Waals surface area contributed by atoms with Gasteiger partial charge in [0, 0.05) is 6.54 Å². The third kappa shape index (κ3) is 6.26. The molecule has 10 nitrogen and oxygen atoms in total. The number of amides is 4. The zero-order chi connectivity index (χ0) is 30.5. The largest absolute Gasteiger partial charge is 0.444 e. The van der Waals surface area contributed by atoms with Crippen LogP contribution in [-0.2, 0) is 23.9 Å². The van der Waals surface area contributed by atoms with Crippen LogP contribution in [0.4, 0.5) is 4.79 Å². The Morgan fingerprint density at radius 2 is 1.54 bits per heavy atom. The first-order valence-corrected chi connectivity index (χ1v) is 15.4. The maximum atomic E-state index is 14.5. The Labute approximate surface area is 244 Å². The number of hydrogen-bond donors (Lipinski definition) is 3. The lowest BCUT2D eigenvalue weighted by atomic mass is 9.40. The molecule has 4 fully saturated rings. The van der Waals surface area contributed by atoms with E-state index in [1.807, 2.05) is 0 Å². The molecule has 0 aromatic heterocycles. The van der Waals surface area contributed by atoms with Gasteiger partial charge in [-0.15, -0.1) is 0 Å². The lowest BCUT2D eigenvalue weighted by molar-refractivity contribution is -0.161. The van der Waals surface area contributed by atoms with E-state index in [9.17, 15) is 24.0 Å². The van der Waals surface area contributed by atoms with Crippen LogP contribution in [0.5, 0.6) is 0 Å². The van der Waals surface area contributed by atoms with Crippen molar-refractivity contribution in [3.8, 4) is 0 Å². The normalized spacial score (nSPS) is 28.5. The molecule has 1 unspecified atom stereocenters. The molecule has 4 aliphatic rings. The fourth-order valence-corrected chi connectivity index (χ4v) is 7.58. The summed E-state index contributed by atoms with van der Waals surface area (Å²) in [6.45, 7) is 14.3. The van der Waals surface area contributed by atoms with E-state index < -0.39 is 47.4 Å². The number of ether oxygens (including phenoxy) is 1. The molecular weight excluding hydrogens is 524 g/mol. The summed E-state index contributed by atoms with van der Waals surface area (Å²) in [5, 5.41) is 5.72. The van der Waals surface area contributed by atoms with Crippen LogP contribution in [0.1, 0.15) is 99.8 Å². The molecule has 0 radical (unpaired) electrons. The van der Waals surface area contributed by atoms with Crippen molar-refractivity contribution in [1.29, 1.82) is 0 Å². The number of hydrogen-bond acceptors (Lipinski definition) is 6. The minimum absolute atomic E-state index is 0.0641. The second-order valence-corrected chi connectivity index (χ2v) is 15.0. The number of nitrogens with one attached hydrogen (secondary N) is 2. The van der Waals surface area contributed by atoms with Crippen molar-refractivity contribution >= 4 is 29.6 Å². The van der Waals surface area contributed by atoms with Crippen molar-refractivity contribution in [2.45, 2.75) is 124 Å². The van der Waals surface area contributed by atoms with Crippen molar-refractivity contribution in [2.75, 3.05) is 6.54 Å². The number of carbonyl (C=O) groups excluding carboxylic acids is 5. The van der Waals surface area contributed by atoms with E-state index in [0.29, 0.717) is 13.0 Å². The van der Waals surface area contributed by atoms with Gasteiger partial charge in [-0.05, 0) is 74.5 Å². The van der Waals surface area contributed by atoms with E-state index in [0.717, 1.165) is 44.9 Å². The van der Waals surface area contributed by atoms with Crippen LogP contribution >= 0.6 is 0 Å². The Morgan fingerprint density at radius 1 is 0.927 bits per heavy atom. The Kier molecular flexibility index (Phi) is 8.56. The molecule has 1 heterocycles. The Hall–Kier alpha value is -2.65. The zero-order valence-corrected chi connectivity index (χ0v) is 25.9. The average molecular weight is 575 g/mol. The van der Waals surface area contributed by atoms with Gasteiger partial charge >= 0.3 is 6.09 Å². The van der Waals surface area contributed by atoms with E-state index in [-0.39, 0.29) is 40.4 Å². The van der Waals surface area contributed by atoms with Gasteiger partial charge in [0.15, 0.2) is 0 Å². The maximum Gasteiger partial charge on any atom is 0.408 e. The first-order chi connectivity index (χ1) is 19.0. The Morgan fingerprint density at radius 3 is 2.07 bits per heavy atom. The van der Waals surface area contributed by atoms with Crippen LogP contribution in [-0.4, -0.2) is 64.8 Å². The topological polar surface area (TPSA) is 148 Å². The summed E-state index contributed by atoms with van der Waals surface area (Å²) in [5.74, 6) is -2.47. The molecule has 4 N–H and O–H groups in total. The van der Waals surface area contributed by atoms with Gasteiger partial charge in [0.25, 0.3) is 5.91 Å². The molecule has 4 rings (SSSR count). The quantitative estimate of drug-likeness (QED) is 0.360. The number of rotatable bonds is 9. The highest BCUT2D eigenvalue weighted by Crippen LogP contribution is 2.68. The smallest absolute Gasteiger partial charge is 0.408 e. The summed E-state index contributed by atoms with van der Waals surface area (Å²) in [6, 6.07) is -2.66. The molecule has 3 saturated carbocycles. The SMILES string of the molecule is CC(C)(C)OC(=O)N[C@H](C(=O)N1C[C@H]2[C@@H]([C@H]1C(=O)NC(CC1CC1)C(=O)C(N)=O)C(C)(C)C2(C)C)C1CCCCC1. The third-order valence-corrected chi connectivity index (χ3v) is 10.7. The molecule has 1 saturated heterocycles. The summed E-state index contributed by atoms with van der Waals surface area (Å²) in [5.41, 5.74) is 4.20. The van der Waals surface area contributed by atoms with Crippen LogP contribution in [0.15, 0.2) is 0 Å². The fraction of sp³-hybridized carbons (Fsp3) is 0.839. The molecule has 230 valence electrons. The number of primary amides is 1. The van der Waals surface area contributed by atoms with Gasteiger partial charge in [-0.2, -0.15) is 0 Å². The molecule has 1 aliphatic heterocycles. The van der Waals surface area contributed by atoms with Gasteiger partial charge in [-0.1, -0.05) is 59.8 Å². The number of likely N-dealkylation sites (tertiary alicyclic amines) is 1. The van der Waals surface area contributed by atoms with Gasteiger partial charge in [0.1, 0.15) is 17.7 Å². The Balaban J connectivity index is 1.64. The number of fused-ring (bicyclic) bond motifs is 1. The number of Topliss-reactive ketones (excluding diaryl/α,β-unsaturated/α-hetero) is 1. The molecule has 0 aromatic rings. The van der Waals surface area contributed by atoms with Crippen molar-refractivity contribution in [2.24, 2.45) is 40.2 Å². The van der Waals surface area contributed by atoms with Crippen LogP contribution in [0, 0.1) is 34.5 Å². The molecule has 3 aliphatic carbocycles. The first kappa shape index (κ1) is 31.3. The van der Waals surface area contributed by atoms with Gasteiger partial charge in [-0.3, -0.25) is 19.2 Å². The zero-order valence-electron chi connectivity index (χ0n) is 25.9. The van der Waals surface area contributed by atoms with E-state index in [1.165, 1.54) is 0 Å². The highest BCUT2D eigenvalue weighted by Gasteiger charge is 2.70. The maximum absolute atomic E-state index is 14.5. The predicted molar refractivity (Wildman–Crippen MR) is 153 cm³/mol. The second kappa shape index (κ2) is 11.2. The standard InChI is InChI=1S/C31H50N4O6/c1-29(2,3)41-28(40)34-22(18-11-9-8-10-12-18)27(39)35-16-19-21(31(6,7)30(19,4)5)23(35)26(38)33-20(15-17-13-14-17)24(36)25(32)37/h17-23H,8-16H2,1-7H3,(H2,32,37)(H,33,38)(H,34,40)/t19-,20?,21-,22-,23-/m0/s1. The number of carbonyl (C=O) groups is 5. The molecule has 0 bridgehead atoms. The number of nitrogens with two attached hydrogens (primary N) is 1. The van der Waals surface area contributed by atoms with E-state index in [2.05, 4.69) is 38.3 Å². The predicted octanol–water partition coefficient (Wildman–Crippen LogP) is 3.31. The van der Waals surface area contributed by atoms with Crippen LogP contribution in [0.25, 0.3) is 0 Å². The average Bonchev–Trinajstić information content (AvgIpc) is 3.60. The highest BCUT2D eigenvalue weighted by atomic mass is 16.6. The van der Waals surface area contributed by atoms with Crippen molar-refractivity contribution in [1.82, 2.24) is 15.5 Å². The van der Waals surface area contributed by atoms with Gasteiger partial charge in [-0.25, -0.2) is 4.79 Å². The van der Waals surface area contributed by atoms with Gasteiger partial charge < -0.3 is 26.0 Å². The lowest BCUT2D eigenvalue weighted by Gasteiger charge is -2.63. The summed E-state index contributed by atoms with van der Waals surface area (Å²) in [6.07, 6.45) is 6.23. The van der Waals surface area contributed by atoms with E-state index >= 15 is 0 Å². The highest BCUT2D eigenvalue weighted by molar-refractivity contribution is 6.37. The summed E-state index contributed by atoms with van der Waals surface area (Å²) >= 11 is 0. The number of alkyl carbamates (subject to hydrolysis) is 1. The molecular formula is C31H50N4O6. The third-order valence-electron chi connectivity index (χ3n) is 10.7. The van der Waals surface area contributed by atoms with Crippen molar-refractivity contribution in [3.63, 3.8) is 0 Å². The van der Waals surface area contributed by atoms with E-state index in [1.54, 1.807) is 25.7 Å². The van der Waals surface area contributed by atoms with Gasteiger partial charge in [0.05, 0.1) is 6.04 Å². The first-order valence-electron chi connectivity index (χ1n) is 15.4. The minimum Gasteiger partial charge on any atom is -0.444 e. The lowest BCUT2D eigenvalue weighted by Crippen LogP contribution is -2.64. The number of ketones is 1. The minimum atomic E-state index is -1.07. The van der Waals surface area contributed by atoms with Gasteiger partial charge in [0.2, 0.25) is 17.6 Å². The van der Waals surface area contributed by atoms with E-state index in [4.69, 9.17) is 10.5 Å². The number of nitrogens with zero attached hydrogens (tertiary/aromatic N) is 1. The molecule has 0 aromatic carbocycles. The molecule has 4 amide bonds. The molecule has 5 atom stereocenters. The van der Waals surface area contributed by atoms with Crippen molar-refractivity contribution < 1.29 is 28.7 Å². The Bertz CT molecular complexity index is 1070. The summed E-state index contributed by atoms with van der Waals surface area (Å²) in [4.78, 5) is 67.6. The monoisotopic (exact) mass is 574 g/mol. The fourth-order valence-electron chi connectivity index (χ4n) is 7.58. The summed E-state index contributed by atoms with van der Waals surface area (Å²) < 4.78 is 5.53.